The third kappa shape index (κ3) is 4.75. The van der Waals surface area contributed by atoms with Crippen molar-refractivity contribution in [2.45, 2.75) is 25.9 Å². The predicted molar refractivity (Wildman–Crippen MR) is 70.2 cm³/mol. The lowest BCUT2D eigenvalue weighted by atomic mass is 10.0. The van der Waals surface area contributed by atoms with Crippen molar-refractivity contribution in [3.8, 4) is 0 Å². The largest absolute Gasteiger partial charge is 0.481 e. The van der Waals surface area contributed by atoms with E-state index in [2.05, 4.69) is 21.2 Å². The van der Waals surface area contributed by atoms with Crippen molar-refractivity contribution in [2.75, 3.05) is 11.9 Å². The normalized spacial score (nSPS) is 14.1. The minimum atomic E-state index is -1.26. The summed E-state index contributed by atoms with van der Waals surface area (Å²) in [5.41, 5.74) is 0.677. The average Bonchev–Trinajstić information content (AvgIpc) is 2.18. The molecule has 0 aliphatic rings. The molecule has 0 saturated carbocycles. The van der Waals surface area contributed by atoms with Gasteiger partial charge < -0.3 is 15.5 Å². The molecule has 0 saturated heterocycles. The van der Waals surface area contributed by atoms with E-state index in [4.69, 9.17) is 5.11 Å². The van der Waals surface area contributed by atoms with E-state index in [9.17, 15) is 9.90 Å². The Labute approximate surface area is 109 Å². The molecule has 0 aliphatic carbocycles. The number of halogens is 1. The van der Waals surface area contributed by atoms with Gasteiger partial charge in [0.05, 0.1) is 12.0 Å². The molecule has 5 heteroatoms. The summed E-state index contributed by atoms with van der Waals surface area (Å²) in [6.07, 6.45) is -0.282. The SMILES string of the molecule is Cc1cc(NCC(C)(O)CC(=O)O)ccc1Br. The Morgan fingerprint density at radius 1 is 1.53 bits per heavy atom. The molecule has 1 rings (SSSR count). The number of aliphatic hydroxyl groups is 1. The van der Waals surface area contributed by atoms with Crippen molar-refractivity contribution in [1.82, 2.24) is 0 Å². The maximum Gasteiger partial charge on any atom is 0.306 e. The van der Waals surface area contributed by atoms with Crippen LogP contribution in [0.2, 0.25) is 0 Å². The van der Waals surface area contributed by atoms with Crippen LogP contribution in [-0.4, -0.2) is 28.3 Å². The van der Waals surface area contributed by atoms with Gasteiger partial charge in [-0.2, -0.15) is 0 Å². The van der Waals surface area contributed by atoms with Crippen LogP contribution in [0.15, 0.2) is 22.7 Å². The van der Waals surface area contributed by atoms with E-state index in [1.807, 2.05) is 25.1 Å². The van der Waals surface area contributed by atoms with Crippen molar-refractivity contribution < 1.29 is 15.0 Å². The number of hydrogen-bond acceptors (Lipinski definition) is 3. The Kier molecular flexibility index (Phi) is 4.54. The summed E-state index contributed by atoms with van der Waals surface area (Å²) >= 11 is 3.40. The molecule has 0 aromatic heterocycles. The number of aryl methyl sites for hydroxylation is 1. The highest BCUT2D eigenvalue weighted by Gasteiger charge is 2.23. The number of anilines is 1. The van der Waals surface area contributed by atoms with Crippen LogP contribution >= 0.6 is 15.9 Å². The highest BCUT2D eigenvalue weighted by atomic mass is 79.9. The predicted octanol–water partition coefficient (Wildman–Crippen LogP) is 2.40. The molecule has 0 amide bonds. The monoisotopic (exact) mass is 301 g/mol. The quantitative estimate of drug-likeness (QED) is 0.781. The first-order valence-corrected chi connectivity index (χ1v) is 6.04. The van der Waals surface area contributed by atoms with Crippen molar-refractivity contribution in [2.24, 2.45) is 0 Å². The van der Waals surface area contributed by atoms with Gasteiger partial charge in [0.15, 0.2) is 0 Å². The van der Waals surface area contributed by atoms with Gasteiger partial charge in [0.25, 0.3) is 0 Å². The summed E-state index contributed by atoms with van der Waals surface area (Å²) in [5.74, 6) is -1.01. The zero-order valence-corrected chi connectivity index (χ0v) is 11.4. The summed E-state index contributed by atoms with van der Waals surface area (Å²) in [7, 11) is 0. The fourth-order valence-electron chi connectivity index (χ4n) is 1.44. The molecule has 3 N–H and O–H groups in total. The molecule has 0 radical (unpaired) electrons. The zero-order valence-electron chi connectivity index (χ0n) is 9.83. The Balaban J connectivity index is 2.60. The van der Waals surface area contributed by atoms with E-state index in [0.717, 1.165) is 15.7 Å². The van der Waals surface area contributed by atoms with Gasteiger partial charge in [0.2, 0.25) is 0 Å². The highest BCUT2D eigenvalue weighted by Crippen LogP contribution is 2.20. The first-order valence-electron chi connectivity index (χ1n) is 5.24. The van der Waals surface area contributed by atoms with Gasteiger partial charge in [-0.3, -0.25) is 4.79 Å². The minimum Gasteiger partial charge on any atom is -0.481 e. The Morgan fingerprint density at radius 2 is 2.18 bits per heavy atom. The molecule has 17 heavy (non-hydrogen) atoms. The van der Waals surface area contributed by atoms with E-state index in [0.29, 0.717) is 0 Å². The molecule has 0 spiro atoms. The van der Waals surface area contributed by atoms with Gasteiger partial charge in [-0.15, -0.1) is 0 Å². The van der Waals surface area contributed by atoms with Gasteiger partial charge in [0, 0.05) is 16.7 Å². The number of carbonyl (C=O) groups is 1. The first kappa shape index (κ1) is 14.0. The number of nitrogens with one attached hydrogen (secondary N) is 1. The summed E-state index contributed by atoms with van der Waals surface area (Å²) < 4.78 is 1.01. The lowest BCUT2D eigenvalue weighted by molar-refractivity contribution is -0.141. The molecule has 1 aromatic rings. The van der Waals surface area contributed by atoms with E-state index in [1.54, 1.807) is 0 Å². The molecular formula is C12H16BrNO3. The van der Waals surface area contributed by atoms with Crippen LogP contribution in [0.1, 0.15) is 18.9 Å². The number of aliphatic carboxylic acids is 1. The second-order valence-electron chi connectivity index (χ2n) is 4.38. The molecule has 1 unspecified atom stereocenters. The van der Waals surface area contributed by atoms with Gasteiger partial charge in [-0.1, -0.05) is 15.9 Å². The molecule has 0 bridgehead atoms. The number of benzene rings is 1. The third-order valence-electron chi connectivity index (χ3n) is 2.36. The van der Waals surface area contributed by atoms with Crippen molar-refractivity contribution in [3.63, 3.8) is 0 Å². The molecule has 1 aromatic carbocycles. The second kappa shape index (κ2) is 5.51. The molecular weight excluding hydrogens is 286 g/mol. The van der Waals surface area contributed by atoms with E-state index >= 15 is 0 Å². The maximum atomic E-state index is 10.5. The van der Waals surface area contributed by atoms with Crippen molar-refractivity contribution in [3.05, 3.63) is 28.2 Å². The molecule has 4 nitrogen and oxygen atoms in total. The second-order valence-corrected chi connectivity index (χ2v) is 5.24. The van der Waals surface area contributed by atoms with E-state index < -0.39 is 11.6 Å². The summed E-state index contributed by atoms with van der Waals surface area (Å²) in [6.45, 7) is 3.66. The Morgan fingerprint density at radius 3 is 2.71 bits per heavy atom. The lowest BCUT2D eigenvalue weighted by Gasteiger charge is -2.22. The highest BCUT2D eigenvalue weighted by molar-refractivity contribution is 9.10. The van der Waals surface area contributed by atoms with Gasteiger partial charge in [-0.05, 0) is 37.6 Å². The molecule has 0 aliphatic heterocycles. The van der Waals surface area contributed by atoms with E-state index in [-0.39, 0.29) is 13.0 Å². The van der Waals surface area contributed by atoms with Crippen LogP contribution in [0.3, 0.4) is 0 Å². The standard InChI is InChI=1S/C12H16BrNO3/c1-8-5-9(3-4-10(8)13)14-7-12(2,17)6-11(15)16/h3-5,14,17H,6-7H2,1-2H3,(H,15,16). The summed E-state index contributed by atoms with van der Waals surface area (Å²) in [4.78, 5) is 10.5. The minimum absolute atomic E-state index is 0.195. The lowest BCUT2D eigenvalue weighted by Crippen LogP contribution is -2.35. The summed E-state index contributed by atoms with van der Waals surface area (Å²) in [5, 5.41) is 21.5. The third-order valence-corrected chi connectivity index (χ3v) is 3.25. The summed E-state index contributed by atoms with van der Waals surface area (Å²) in [6, 6.07) is 5.71. The number of hydrogen-bond donors (Lipinski definition) is 3. The van der Waals surface area contributed by atoms with Crippen LogP contribution in [0.5, 0.6) is 0 Å². The Hall–Kier alpha value is -1.07. The smallest absolute Gasteiger partial charge is 0.306 e. The van der Waals surface area contributed by atoms with Crippen LogP contribution < -0.4 is 5.32 Å². The fourth-order valence-corrected chi connectivity index (χ4v) is 1.68. The van der Waals surface area contributed by atoms with Crippen LogP contribution in [0.25, 0.3) is 0 Å². The molecule has 0 fully saturated rings. The van der Waals surface area contributed by atoms with E-state index in [1.165, 1.54) is 6.92 Å². The number of rotatable bonds is 5. The number of carboxylic acids is 1. The topological polar surface area (TPSA) is 69.6 Å². The Bertz CT molecular complexity index is 418. The van der Waals surface area contributed by atoms with Crippen LogP contribution in [0, 0.1) is 6.92 Å². The van der Waals surface area contributed by atoms with Crippen molar-refractivity contribution >= 4 is 27.6 Å². The molecule has 94 valence electrons. The fraction of sp³-hybridized carbons (Fsp3) is 0.417. The van der Waals surface area contributed by atoms with Gasteiger partial charge in [0.1, 0.15) is 0 Å². The van der Waals surface area contributed by atoms with Crippen molar-refractivity contribution in [1.29, 1.82) is 0 Å². The van der Waals surface area contributed by atoms with Gasteiger partial charge in [-0.25, -0.2) is 0 Å². The molecule has 0 heterocycles. The van der Waals surface area contributed by atoms with Gasteiger partial charge >= 0.3 is 5.97 Å². The zero-order chi connectivity index (χ0) is 13.1. The number of carboxylic acid groups (broad SMARTS) is 1. The molecule has 1 atom stereocenters. The average molecular weight is 302 g/mol. The first-order chi connectivity index (χ1) is 7.80. The maximum absolute atomic E-state index is 10.5. The van der Waals surface area contributed by atoms with Crippen LogP contribution in [0.4, 0.5) is 5.69 Å². The van der Waals surface area contributed by atoms with Crippen LogP contribution in [-0.2, 0) is 4.79 Å².